The first-order valence-corrected chi connectivity index (χ1v) is 10.3. The van der Waals surface area contributed by atoms with E-state index in [0.717, 1.165) is 16.8 Å². The first-order chi connectivity index (χ1) is 14.6. The van der Waals surface area contributed by atoms with Crippen molar-refractivity contribution in [2.45, 2.75) is 66.2 Å². The van der Waals surface area contributed by atoms with Gasteiger partial charge in [0.1, 0.15) is 6.33 Å². The number of hydrogen-bond donors (Lipinski definition) is 0. The molecule has 0 unspecified atom stereocenters. The molecule has 164 valence electrons. The summed E-state index contributed by atoms with van der Waals surface area (Å²) in [5, 5.41) is 4.14. The molecule has 3 rings (SSSR count). The number of hydrogen-bond acceptors (Lipinski definition) is 6. The first-order valence-electron chi connectivity index (χ1n) is 10.3. The van der Waals surface area contributed by atoms with Gasteiger partial charge in [-0.3, -0.25) is 9.59 Å². The van der Waals surface area contributed by atoms with Crippen LogP contribution in [0.2, 0.25) is 0 Å². The Morgan fingerprint density at radius 2 is 1.84 bits per heavy atom. The van der Waals surface area contributed by atoms with E-state index in [0.29, 0.717) is 18.0 Å². The molecule has 0 spiro atoms. The number of ether oxygens (including phenoxy) is 1. The lowest BCUT2D eigenvalue weighted by Gasteiger charge is -2.37. The molecule has 0 aliphatic carbocycles. The smallest absolute Gasteiger partial charge is 0.311 e. The van der Waals surface area contributed by atoms with Crippen LogP contribution >= 0.6 is 0 Å². The van der Waals surface area contributed by atoms with E-state index in [1.54, 1.807) is 16.3 Å². The van der Waals surface area contributed by atoms with Crippen molar-refractivity contribution in [3.05, 3.63) is 59.2 Å². The molecular formula is C23H29N5O3. The van der Waals surface area contributed by atoms with Gasteiger partial charge in [0.15, 0.2) is 6.10 Å². The predicted octanol–water partition coefficient (Wildman–Crippen LogP) is 3.04. The summed E-state index contributed by atoms with van der Waals surface area (Å²) < 4.78 is 7.12. The number of carbonyl (C=O) groups is 2. The molecule has 8 heteroatoms. The lowest BCUT2D eigenvalue weighted by Crippen LogP contribution is -2.49. The van der Waals surface area contributed by atoms with Crippen LogP contribution in [-0.2, 0) is 27.3 Å². The Bertz CT molecular complexity index is 1090. The van der Waals surface area contributed by atoms with E-state index < -0.39 is 17.6 Å². The zero-order valence-electron chi connectivity index (χ0n) is 18.9. The zero-order chi connectivity index (χ0) is 22.8. The molecule has 0 fully saturated rings. The van der Waals surface area contributed by atoms with Gasteiger partial charge in [-0.1, -0.05) is 30.3 Å². The Labute approximate surface area is 182 Å². The first kappa shape index (κ1) is 22.4. The van der Waals surface area contributed by atoms with Crippen LogP contribution in [0.5, 0.6) is 0 Å². The van der Waals surface area contributed by atoms with Crippen molar-refractivity contribution in [1.82, 2.24) is 24.5 Å². The monoisotopic (exact) mass is 423 g/mol. The molecule has 2 heterocycles. The number of aryl methyl sites for hydroxylation is 2. The summed E-state index contributed by atoms with van der Waals surface area (Å²) in [6.07, 6.45) is 0.525. The number of amides is 1. The Balaban J connectivity index is 1.72. The summed E-state index contributed by atoms with van der Waals surface area (Å²) in [6, 6.07) is 9.76. The minimum atomic E-state index is -0.904. The van der Waals surface area contributed by atoms with Gasteiger partial charge in [0.2, 0.25) is 0 Å². The molecule has 0 N–H and O–H groups in total. The van der Waals surface area contributed by atoms with Crippen molar-refractivity contribution in [3.8, 4) is 0 Å². The van der Waals surface area contributed by atoms with E-state index in [1.165, 1.54) is 6.33 Å². The number of nitrogens with zero attached hydrogens (tertiary/aromatic N) is 5. The van der Waals surface area contributed by atoms with Gasteiger partial charge in [0, 0.05) is 29.0 Å². The lowest BCUT2D eigenvalue weighted by molar-refractivity contribution is -0.161. The summed E-state index contributed by atoms with van der Waals surface area (Å²) in [6.45, 7) is 11.6. The molecular weight excluding hydrogens is 394 g/mol. The normalized spacial score (nSPS) is 12.6. The van der Waals surface area contributed by atoms with E-state index in [2.05, 4.69) is 15.1 Å². The van der Waals surface area contributed by atoms with Crippen LogP contribution in [0.4, 0.5) is 0 Å². The maximum atomic E-state index is 13.2. The average Bonchev–Trinajstić information content (AvgIpc) is 3.17. The summed E-state index contributed by atoms with van der Waals surface area (Å²) in [5.74, 6) is -0.234. The van der Waals surface area contributed by atoms with Crippen LogP contribution in [0, 0.1) is 13.8 Å². The molecule has 0 bridgehead atoms. The van der Waals surface area contributed by atoms with E-state index in [-0.39, 0.29) is 12.3 Å². The van der Waals surface area contributed by atoms with Crippen molar-refractivity contribution in [3.63, 3.8) is 0 Å². The molecule has 2 aromatic heterocycles. The largest absolute Gasteiger partial charge is 0.452 e. The van der Waals surface area contributed by atoms with Gasteiger partial charge in [0.05, 0.1) is 6.42 Å². The fraction of sp³-hybridized carbons (Fsp3) is 0.435. The summed E-state index contributed by atoms with van der Waals surface area (Å²) in [4.78, 5) is 36.0. The third-order valence-electron chi connectivity index (χ3n) is 5.23. The maximum Gasteiger partial charge on any atom is 0.311 e. The summed E-state index contributed by atoms with van der Waals surface area (Å²) >= 11 is 0. The Hall–Kier alpha value is -3.29. The second kappa shape index (κ2) is 8.83. The Morgan fingerprint density at radius 1 is 1.16 bits per heavy atom. The van der Waals surface area contributed by atoms with Gasteiger partial charge >= 0.3 is 5.97 Å². The van der Waals surface area contributed by atoms with Gasteiger partial charge in [0.25, 0.3) is 11.7 Å². The molecule has 0 saturated carbocycles. The number of benzene rings is 1. The highest BCUT2D eigenvalue weighted by Gasteiger charge is 2.32. The molecule has 0 saturated heterocycles. The molecule has 0 aliphatic rings. The third kappa shape index (κ3) is 5.07. The molecule has 8 nitrogen and oxygen atoms in total. The Kier molecular flexibility index (Phi) is 6.38. The topological polar surface area (TPSA) is 89.7 Å². The number of aromatic nitrogens is 4. The maximum absolute atomic E-state index is 13.2. The van der Waals surface area contributed by atoms with Gasteiger partial charge in [-0.15, -0.1) is 0 Å². The number of carbonyl (C=O) groups excluding carboxylic acids is 2. The van der Waals surface area contributed by atoms with Gasteiger partial charge in [-0.25, -0.2) is 9.50 Å². The number of rotatable bonds is 6. The second-order valence-electron chi connectivity index (χ2n) is 8.62. The van der Waals surface area contributed by atoms with Crippen molar-refractivity contribution in [1.29, 1.82) is 0 Å². The van der Waals surface area contributed by atoms with E-state index in [4.69, 9.17) is 4.74 Å². The van der Waals surface area contributed by atoms with Crippen molar-refractivity contribution >= 4 is 17.7 Å². The Morgan fingerprint density at radius 3 is 2.48 bits per heavy atom. The van der Waals surface area contributed by atoms with Gasteiger partial charge < -0.3 is 9.64 Å². The molecule has 1 amide bonds. The van der Waals surface area contributed by atoms with Crippen LogP contribution in [-0.4, -0.2) is 48.0 Å². The summed E-state index contributed by atoms with van der Waals surface area (Å²) in [7, 11) is 0. The predicted molar refractivity (Wildman–Crippen MR) is 116 cm³/mol. The van der Waals surface area contributed by atoms with E-state index in [1.807, 2.05) is 65.0 Å². The van der Waals surface area contributed by atoms with E-state index in [9.17, 15) is 9.59 Å². The highest BCUT2D eigenvalue weighted by atomic mass is 16.5. The van der Waals surface area contributed by atoms with Crippen LogP contribution < -0.4 is 0 Å². The van der Waals surface area contributed by atoms with Crippen LogP contribution in [0.15, 0.2) is 36.7 Å². The van der Waals surface area contributed by atoms with Crippen LogP contribution in [0.3, 0.4) is 0 Å². The van der Waals surface area contributed by atoms with E-state index >= 15 is 0 Å². The molecule has 31 heavy (non-hydrogen) atoms. The highest BCUT2D eigenvalue weighted by Crippen LogP contribution is 2.20. The highest BCUT2D eigenvalue weighted by molar-refractivity contribution is 5.84. The number of fused-ring (bicyclic) bond motifs is 1. The van der Waals surface area contributed by atoms with Crippen molar-refractivity contribution in [2.24, 2.45) is 0 Å². The van der Waals surface area contributed by atoms with Crippen molar-refractivity contribution in [2.75, 3.05) is 0 Å². The second-order valence-corrected chi connectivity index (χ2v) is 8.62. The number of esters is 1. The quantitative estimate of drug-likeness (QED) is 0.566. The fourth-order valence-electron chi connectivity index (χ4n) is 3.48. The summed E-state index contributed by atoms with van der Waals surface area (Å²) in [5.41, 5.74) is 2.77. The SMILES string of the molecule is Cc1nc2ncnn2c(C)c1CC(=O)O[C@H](C)C(=O)N(Cc1ccccc1)C(C)(C)C. The van der Waals surface area contributed by atoms with Crippen LogP contribution in [0.25, 0.3) is 5.78 Å². The molecule has 3 aromatic rings. The zero-order valence-corrected chi connectivity index (χ0v) is 18.9. The molecule has 1 atom stereocenters. The average molecular weight is 424 g/mol. The van der Waals surface area contributed by atoms with Crippen LogP contribution in [0.1, 0.15) is 50.2 Å². The molecule has 1 aromatic carbocycles. The van der Waals surface area contributed by atoms with Gasteiger partial charge in [-0.05, 0) is 47.1 Å². The minimum Gasteiger partial charge on any atom is -0.452 e. The van der Waals surface area contributed by atoms with Gasteiger partial charge in [-0.2, -0.15) is 10.1 Å². The third-order valence-corrected chi connectivity index (χ3v) is 5.23. The molecule has 0 aliphatic heterocycles. The minimum absolute atomic E-state index is 0.00624. The standard InChI is InChI=1S/C23H29N5O3/c1-15-19(16(2)28-22(26-15)24-14-25-28)12-20(29)31-17(3)21(30)27(23(4,5)6)13-18-10-8-7-9-11-18/h7-11,14,17H,12-13H2,1-6H3/t17-/m1/s1. The molecule has 0 radical (unpaired) electrons. The lowest BCUT2D eigenvalue weighted by atomic mass is 10.0. The van der Waals surface area contributed by atoms with Crippen molar-refractivity contribution < 1.29 is 14.3 Å². The fourth-order valence-corrected chi connectivity index (χ4v) is 3.48.